The van der Waals surface area contributed by atoms with E-state index in [4.69, 9.17) is 4.74 Å². The van der Waals surface area contributed by atoms with Crippen molar-refractivity contribution in [1.82, 2.24) is 20.0 Å². The number of nitrogens with one attached hydrogen (secondary N) is 1. The Morgan fingerprint density at radius 1 is 1.12 bits per heavy atom. The molecule has 2 aliphatic rings. The lowest BCUT2D eigenvalue weighted by Gasteiger charge is -2.33. The van der Waals surface area contributed by atoms with Crippen molar-refractivity contribution >= 4 is 23.6 Å². The first-order chi connectivity index (χ1) is 15.7. The maximum absolute atomic E-state index is 13.3. The number of aromatic nitrogens is 2. The van der Waals surface area contributed by atoms with E-state index in [-0.39, 0.29) is 18.5 Å². The molecule has 0 fully saturated rings. The van der Waals surface area contributed by atoms with Gasteiger partial charge in [0.2, 0.25) is 5.91 Å². The van der Waals surface area contributed by atoms with Crippen molar-refractivity contribution in [2.75, 3.05) is 31.6 Å². The summed E-state index contributed by atoms with van der Waals surface area (Å²) in [5, 5.41) is 7.41. The highest BCUT2D eigenvalue weighted by Crippen LogP contribution is 2.33. The highest BCUT2D eigenvalue weighted by molar-refractivity contribution is 6.20. The molecule has 0 saturated heterocycles. The number of nitrogens with zero attached hydrogens (tertiary/aromatic N) is 5. The molecule has 9 nitrogen and oxygen atoms in total. The topological polar surface area (TPSA) is 92.1 Å². The van der Waals surface area contributed by atoms with Gasteiger partial charge in [-0.1, -0.05) is 30.3 Å². The molecule has 0 spiro atoms. The molecular weight excluding hydrogens is 408 g/mol. The lowest BCUT2D eigenvalue weighted by Crippen LogP contribution is -2.53. The summed E-state index contributed by atoms with van der Waals surface area (Å²) in [4.78, 5) is 33.6. The van der Waals surface area contributed by atoms with Crippen LogP contribution in [-0.2, 0) is 11.3 Å². The molecule has 0 atom stereocenters. The van der Waals surface area contributed by atoms with Crippen LogP contribution in [0.2, 0.25) is 0 Å². The monoisotopic (exact) mass is 430 g/mol. The maximum atomic E-state index is 13.3. The molecule has 9 heteroatoms. The summed E-state index contributed by atoms with van der Waals surface area (Å²) in [6, 6.07) is 16.7. The summed E-state index contributed by atoms with van der Waals surface area (Å²) in [5.41, 5.74) is 2.47. The number of carbonyl (C=O) groups excluding carboxylic acids is 2. The normalized spacial score (nSPS) is 14.7. The van der Waals surface area contributed by atoms with Gasteiger partial charge < -0.3 is 10.1 Å². The van der Waals surface area contributed by atoms with E-state index in [1.807, 2.05) is 54.6 Å². The smallest absolute Gasteiger partial charge is 0.331 e. The molecule has 0 aliphatic carbocycles. The number of rotatable bonds is 6. The van der Waals surface area contributed by atoms with E-state index in [1.165, 1.54) is 4.90 Å². The van der Waals surface area contributed by atoms with Crippen molar-refractivity contribution in [2.45, 2.75) is 6.54 Å². The average Bonchev–Trinajstić information content (AvgIpc) is 3.49. The molecule has 0 saturated carbocycles. The molecular formula is C23H22N6O3. The lowest BCUT2D eigenvalue weighted by molar-refractivity contribution is -0.119. The number of hydrogen-bond acceptors (Lipinski definition) is 5. The first-order valence-electron chi connectivity index (χ1n) is 10.3. The first-order valence-corrected chi connectivity index (χ1v) is 10.3. The van der Waals surface area contributed by atoms with Gasteiger partial charge in [-0.25, -0.2) is 9.48 Å². The van der Waals surface area contributed by atoms with Crippen molar-refractivity contribution in [1.29, 1.82) is 0 Å². The Bertz CT molecular complexity index is 1190. The molecule has 0 bridgehead atoms. The number of hydrogen-bond donors (Lipinski definition) is 1. The van der Waals surface area contributed by atoms with Gasteiger partial charge in [0.1, 0.15) is 18.1 Å². The summed E-state index contributed by atoms with van der Waals surface area (Å²) < 4.78 is 6.90. The Hall–Kier alpha value is -4.14. The zero-order valence-corrected chi connectivity index (χ0v) is 17.6. The molecule has 5 rings (SSSR count). The molecule has 1 N–H and O–H groups in total. The average molecular weight is 430 g/mol. The molecule has 32 heavy (non-hydrogen) atoms. The quantitative estimate of drug-likeness (QED) is 0.649. The number of carbonyl (C=O) groups is 2. The zero-order chi connectivity index (χ0) is 22.1. The minimum absolute atomic E-state index is 0.121. The van der Waals surface area contributed by atoms with E-state index < -0.39 is 0 Å². The fourth-order valence-corrected chi connectivity index (χ4v) is 3.91. The fourth-order valence-electron chi connectivity index (χ4n) is 3.91. The molecule has 162 valence electrons. The van der Waals surface area contributed by atoms with Crippen LogP contribution in [0.15, 0.2) is 65.8 Å². The molecule has 3 amide bonds. The molecule has 3 aromatic rings. The molecule has 2 aromatic carbocycles. The van der Waals surface area contributed by atoms with Crippen LogP contribution in [0.4, 0.5) is 10.6 Å². The number of amidine groups is 1. The van der Waals surface area contributed by atoms with Crippen molar-refractivity contribution < 1.29 is 14.3 Å². The number of ether oxygens (including phenoxy) is 1. The predicted octanol–water partition coefficient (Wildman–Crippen LogP) is 2.20. The van der Waals surface area contributed by atoms with E-state index in [0.29, 0.717) is 37.0 Å². The van der Waals surface area contributed by atoms with E-state index in [0.717, 1.165) is 16.8 Å². The molecule has 2 aliphatic heterocycles. The SMILES string of the molecule is COc1ccc(-n2ncc3c2N(CC(=O)NCc2ccccc2)C(=O)N2CCN=C32)cc1. The van der Waals surface area contributed by atoms with Gasteiger partial charge in [-0.2, -0.15) is 5.10 Å². The number of amides is 3. The minimum Gasteiger partial charge on any atom is -0.497 e. The number of benzene rings is 2. The van der Waals surface area contributed by atoms with Gasteiger partial charge in [0.25, 0.3) is 0 Å². The molecule has 0 radical (unpaired) electrons. The second-order valence-electron chi connectivity index (χ2n) is 7.48. The Labute approximate surface area is 184 Å². The second-order valence-corrected chi connectivity index (χ2v) is 7.48. The summed E-state index contributed by atoms with van der Waals surface area (Å²) in [6.07, 6.45) is 1.69. The van der Waals surface area contributed by atoms with Crippen LogP contribution in [0, 0.1) is 0 Å². The summed E-state index contributed by atoms with van der Waals surface area (Å²) in [6.45, 7) is 1.29. The van der Waals surface area contributed by atoms with Crippen molar-refractivity contribution in [3.8, 4) is 11.4 Å². The summed E-state index contributed by atoms with van der Waals surface area (Å²) >= 11 is 0. The number of methoxy groups -OCH3 is 1. The van der Waals surface area contributed by atoms with Crippen LogP contribution in [0.5, 0.6) is 5.75 Å². The predicted molar refractivity (Wildman–Crippen MR) is 119 cm³/mol. The van der Waals surface area contributed by atoms with E-state index in [1.54, 1.807) is 22.9 Å². The first kappa shape index (κ1) is 19.8. The maximum Gasteiger partial charge on any atom is 0.331 e. The molecule has 0 unspecified atom stereocenters. The van der Waals surface area contributed by atoms with E-state index >= 15 is 0 Å². The van der Waals surface area contributed by atoms with E-state index in [9.17, 15) is 9.59 Å². The second kappa shape index (κ2) is 8.18. The van der Waals surface area contributed by atoms with Gasteiger partial charge in [0.05, 0.1) is 31.1 Å². The van der Waals surface area contributed by atoms with Crippen molar-refractivity contribution in [3.05, 3.63) is 71.9 Å². The summed E-state index contributed by atoms with van der Waals surface area (Å²) in [5.74, 6) is 1.60. The van der Waals surface area contributed by atoms with Gasteiger partial charge >= 0.3 is 6.03 Å². The van der Waals surface area contributed by atoms with Gasteiger partial charge in [0, 0.05) is 13.1 Å². The van der Waals surface area contributed by atoms with Crippen molar-refractivity contribution in [3.63, 3.8) is 0 Å². The van der Waals surface area contributed by atoms with Gasteiger partial charge in [0.15, 0.2) is 5.82 Å². The number of aliphatic imine (C=N–C) groups is 1. The Kier molecular flexibility index (Phi) is 5.06. The Morgan fingerprint density at radius 3 is 2.66 bits per heavy atom. The van der Waals surface area contributed by atoms with Crippen LogP contribution < -0.4 is 15.0 Å². The summed E-state index contributed by atoms with van der Waals surface area (Å²) in [7, 11) is 1.60. The third-order valence-electron chi connectivity index (χ3n) is 5.49. The standard InChI is InChI=1S/C23H22N6O3/c1-32-18-9-7-17(8-10-18)29-22-19(14-26-29)21-24-11-12-27(21)23(31)28(22)15-20(30)25-13-16-5-3-2-4-6-16/h2-10,14H,11-13,15H2,1H3,(H,25,30). The third-order valence-corrected chi connectivity index (χ3v) is 5.49. The minimum atomic E-state index is -0.279. The zero-order valence-electron chi connectivity index (χ0n) is 17.6. The van der Waals surface area contributed by atoms with E-state index in [2.05, 4.69) is 15.4 Å². The van der Waals surface area contributed by atoms with Crippen LogP contribution in [-0.4, -0.2) is 59.2 Å². The Morgan fingerprint density at radius 2 is 1.91 bits per heavy atom. The highest BCUT2D eigenvalue weighted by Gasteiger charge is 2.41. The number of fused-ring (bicyclic) bond motifs is 3. The highest BCUT2D eigenvalue weighted by atomic mass is 16.5. The number of urea groups is 1. The lowest BCUT2D eigenvalue weighted by atomic mass is 10.2. The van der Waals surface area contributed by atoms with Gasteiger partial charge in [-0.3, -0.25) is 19.6 Å². The fraction of sp³-hybridized carbons (Fsp3) is 0.217. The Balaban J connectivity index is 1.46. The van der Waals surface area contributed by atoms with Gasteiger partial charge in [-0.05, 0) is 29.8 Å². The van der Waals surface area contributed by atoms with Gasteiger partial charge in [-0.15, -0.1) is 0 Å². The van der Waals surface area contributed by atoms with Crippen LogP contribution >= 0.6 is 0 Å². The van der Waals surface area contributed by atoms with Crippen LogP contribution in [0.25, 0.3) is 5.69 Å². The third kappa shape index (κ3) is 3.47. The molecule has 3 heterocycles. The molecule has 1 aromatic heterocycles. The van der Waals surface area contributed by atoms with Crippen LogP contribution in [0.1, 0.15) is 11.1 Å². The largest absolute Gasteiger partial charge is 0.497 e. The van der Waals surface area contributed by atoms with Crippen molar-refractivity contribution in [2.24, 2.45) is 4.99 Å². The number of anilines is 1. The van der Waals surface area contributed by atoms with Crippen LogP contribution in [0.3, 0.4) is 0 Å².